The Bertz CT molecular complexity index is 385. The molecule has 0 saturated carbocycles. The second-order valence-electron chi connectivity index (χ2n) is 4.44. The number of anilines is 1. The number of rotatable bonds is 5. The van der Waals surface area contributed by atoms with E-state index in [1.54, 1.807) is 4.68 Å². The molecule has 3 N–H and O–H groups in total. The smallest absolute Gasteiger partial charge is 0.232 e. The van der Waals surface area contributed by atoms with E-state index in [1.807, 2.05) is 33.9 Å². The molecule has 0 bridgehead atoms. The Morgan fingerprint density at radius 1 is 1.53 bits per heavy atom. The van der Waals surface area contributed by atoms with Crippen LogP contribution >= 0.6 is 0 Å². The summed E-state index contributed by atoms with van der Waals surface area (Å²) in [4.78, 5) is 12.3. The predicted octanol–water partition coefficient (Wildman–Crippen LogP) is 1.43. The van der Waals surface area contributed by atoms with Crippen LogP contribution in [0.3, 0.4) is 0 Å². The lowest BCUT2D eigenvalue weighted by Crippen LogP contribution is -2.41. The fourth-order valence-corrected chi connectivity index (χ4v) is 1.93. The van der Waals surface area contributed by atoms with Crippen LogP contribution in [0.5, 0.6) is 0 Å². The van der Waals surface area contributed by atoms with Crippen LogP contribution in [0.4, 0.5) is 5.82 Å². The molecule has 0 radical (unpaired) electrons. The third kappa shape index (κ3) is 2.66. The molecule has 5 heteroatoms. The van der Waals surface area contributed by atoms with Crippen LogP contribution in [0, 0.1) is 12.3 Å². The highest BCUT2D eigenvalue weighted by molar-refractivity contribution is 5.94. The summed E-state index contributed by atoms with van der Waals surface area (Å²) in [6, 6.07) is 1.85. The van der Waals surface area contributed by atoms with E-state index in [0.717, 1.165) is 18.5 Å². The van der Waals surface area contributed by atoms with Gasteiger partial charge in [-0.1, -0.05) is 13.8 Å². The van der Waals surface area contributed by atoms with Gasteiger partial charge in [-0.2, -0.15) is 5.10 Å². The lowest BCUT2D eigenvalue weighted by atomic mass is 9.81. The molecule has 0 aliphatic rings. The van der Waals surface area contributed by atoms with Gasteiger partial charge in [0.05, 0.1) is 11.1 Å². The molecule has 0 aliphatic heterocycles. The molecule has 1 heterocycles. The van der Waals surface area contributed by atoms with Gasteiger partial charge in [0, 0.05) is 19.7 Å². The van der Waals surface area contributed by atoms with Crippen molar-refractivity contribution < 1.29 is 4.79 Å². The average molecular weight is 238 g/mol. The number of amides is 1. The predicted molar refractivity (Wildman–Crippen MR) is 68.6 cm³/mol. The first-order valence-corrected chi connectivity index (χ1v) is 6.01. The van der Waals surface area contributed by atoms with Gasteiger partial charge in [0.15, 0.2) is 0 Å². The molecule has 0 unspecified atom stereocenters. The monoisotopic (exact) mass is 238 g/mol. The Morgan fingerprint density at radius 3 is 2.47 bits per heavy atom. The van der Waals surface area contributed by atoms with Gasteiger partial charge in [-0.05, 0) is 19.8 Å². The van der Waals surface area contributed by atoms with Gasteiger partial charge in [-0.25, -0.2) is 0 Å². The third-order valence-corrected chi connectivity index (χ3v) is 3.47. The van der Waals surface area contributed by atoms with E-state index in [-0.39, 0.29) is 5.91 Å². The molecule has 0 fully saturated rings. The number of aryl methyl sites for hydroxylation is 2. The highest BCUT2D eigenvalue weighted by Gasteiger charge is 2.33. The van der Waals surface area contributed by atoms with Crippen molar-refractivity contribution in [2.24, 2.45) is 18.2 Å². The molecule has 96 valence electrons. The molecule has 0 saturated heterocycles. The number of nitrogens with zero attached hydrogens (tertiary/aromatic N) is 2. The highest BCUT2D eigenvalue weighted by Crippen LogP contribution is 2.26. The summed E-state index contributed by atoms with van der Waals surface area (Å²) in [5.41, 5.74) is 6.15. The van der Waals surface area contributed by atoms with E-state index in [0.29, 0.717) is 12.4 Å². The standard InChI is InChI=1S/C12H22N4O/c1-5-12(6-2,8-13)11(17)14-10-7-9(3)15-16(10)4/h7H,5-6,8,13H2,1-4H3,(H,14,17). The molecule has 5 nitrogen and oxygen atoms in total. The minimum Gasteiger partial charge on any atom is -0.329 e. The van der Waals surface area contributed by atoms with Gasteiger partial charge in [-0.15, -0.1) is 0 Å². The molecule has 0 atom stereocenters. The largest absolute Gasteiger partial charge is 0.329 e. The van der Waals surface area contributed by atoms with Crippen LogP contribution < -0.4 is 11.1 Å². The van der Waals surface area contributed by atoms with E-state index in [9.17, 15) is 4.79 Å². The lowest BCUT2D eigenvalue weighted by Gasteiger charge is -2.28. The third-order valence-electron chi connectivity index (χ3n) is 3.47. The Hall–Kier alpha value is -1.36. The first-order valence-electron chi connectivity index (χ1n) is 6.01. The zero-order chi connectivity index (χ0) is 13.1. The Balaban J connectivity index is 2.88. The fraction of sp³-hybridized carbons (Fsp3) is 0.667. The zero-order valence-electron chi connectivity index (χ0n) is 11.1. The van der Waals surface area contributed by atoms with Crippen LogP contribution in [-0.2, 0) is 11.8 Å². The quantitative estimate of drug-likeness (QED) is 0.815. The Kier molecular flexibility index (Phi) is 4.28. The van der Waals surface area contributed by atoms with Gasteiger partial charge < -0.3 is 11.1 Å². The van der Waals surface area contributed by atoms with Crippen molar-refractivity contribution in [2.75, 3.05) is 11.9 Å². The summed E-state index contributed by atoms with van der Waals surface area (Å²) in [7, 11) is 1.81. The van der Waals surface area contributed by atoms with Crippen molar-refractivity contribution in [3.05, 3.63) is 11.8 Å². The van der Waals surface area contributed by atoms with Crippen LogP contribution in [0.2, 0.25) is 0 Å². The number of hydrogen-bond acceptors (Lipinski definition) is 3. The molecule has 17 heavy (non-hydrogen) atoms. The molecule has 1 rings (SSSR count). The second kappa shape index (κ2) is 5.31. The van der Waals surface area contributed by atoms with Crippen molar-refractivity contribution in [2.45, 2.75) is 33.6 Å². The Labute approximate surface area is 102 Å². The summed E-state index contributed by atoms with van der Waals surface area (Å²) in [5, 5.41) is 7.10. The van der Waals surface area contributed by atoms with Crippen LogP contribution in [-0.4, -0.2) is 22.2 Å². The van der Waals surface area contributed by atoms with Gasteiger partial charge in [0.25, 0.3) is 0 Å². The maximum absolute atomic E-state index is 12.3. The topological polar surface area (TPSA) is 72.9 Å². The zero-order valence-corrected chi connectivity index (χ0v) is 11.1. The van der Waals surface area contributed by atoms with Crippen molar-refractivity contribution in [3.63, 3.8) is 0 Å². The highest BCUT2D eigenvalue weighted by atomic mass is 16.2. The number of carbonyl (C=O) groups is 1. The molecule has 1 aromatic rings. The normalized spacial score (nSPS) is 11.6. The van der Waals surface area contributed by atoms with E-state index in [1.165, 1.54) is 0 Å². The summed E-state index contributed by atoms with van der Waals surface area (Å²) < 4.78 is 1.67. The van der Waals surface area contributed by atoms with Crippen LogP contribution in [0.15, 0.2) is 6.07 Å². The molecule has 0 aromatic carbocycles. The molecular weight excluding hydrogens is 216 g/mol. The number of hydrogen-bond donors (Lipinski definition) is 2. The lowest BCUT2D eigenvalue weighted by molar-refractivity contribution is -0.125. The maximum Gasteiger partial charge on any atom is 0.232 e. The van der Waals surface area contributed by atoms with E-state index >= 15 is 0 Å². The first-order chi connectivity index (χ1) is 7.99. The van der Waals surface area contributed by atoms with Crippen molar-refractivity contribution in [1.29, 1.82) is 0 Å². The first kappa shape index (κ1) is 13.7. The Morgan fingerprint density at radius 2 is 2.12 bits per heavy atom. The second-order valence-corrected chi connectivity index (χ2v) is 4.44. The summed E-state index contributed by atoms with van der Waals surface area (Å²) >= 11 is 0. The van der Waals surface area contributed by atoms with Crippen LogP contribution in [0.1, 0.15) is 32.4 Å². The van der Waals surface area contributed by atoms with Gasteiger partial charge in [-0.3, -0.25) is 9.48 Å². The number of carbonyl (C=O) groups excluding carboxylic acids is 1. The number of aromatic nitrogens is 2. The average Bonchev–Trinajstić information content (AvgIpc) is 2.61. The van der Waals surface area contributed by atoms with E-state index < -0.39 is 5.41 Å². The van der Waals surface area contributed by atoms with Crippen molar-refractivity contribution in [3.8, 4) is 0 Å². The SMILES string of the molecule is CCC(CC)(CN)C(=O)Nc1cc(C)nn1C. The summed E-state index contributed by atoms with van der Waals surface area (Å²) in [6.45, 7) is 6.24. The van der Waals surface area contributed by atoms with Gasteiger partial charge in [0.2, 0.25) is 5.91 Å². The maximum atomic E-state index is 12.3. The van der Waals surface area contributed by atoms with Crippen molar-refractivity contribution in [1.82, 2.24) is 9.78 Å². The molecule has 1 aromatic heterocycles. The summed E-state index contributed by atoms with van der Waals surface area (Å²) in [6.07, 6.45) is 1.48. The fourth-order valence-electron chi connectivity index (χ4n) is 1.93. The minimum atomic E-state index is -0.474. The minimum absolute atomic E-state index is 0.0204. The molecular formula is C12H22N4O. The van der Waals surface area contributed by atoms with Gasteiger partial charge >= 0.3 is 0 Å². The summed E-state index contributed by atoms with van der Waals surface area (Å²) in [5.74, 6) is 0.695. The molecule has 1 amide bonds. The van der Waals surface area contributed by atoms with Crippen LogP contribution in [0.25, 0.3) is 0 Å². The number of nitrogens with one attached hydrogen (secondary N) is 1. The molecule has 0 aliphatic carbocycles. The number of nitrogens with two attached hydrogens (primary N) is 1. The van der Waals surface area contributed by atoms with Gasteiger partial charge in [0.1, 0.15) is 5.82 Å². The van der Waals surface area contributed by atoms with Crippen molar-refractivity contribution >= 4 is 11.7 Å². The van der Waals surface area contributed by atoms with E-state index in [4.69, 9.17) is 5.73 Å². The molecule has 0 spiro atoms. The van der Waals surface area contributed by atoms with E-state index in [2.05, 4.69) is 10.4 Å².